The van der Waals surface area contributed by atoms with Crippen LogP contribution in [0.1, 0.15) is 31.1 Å². The Balaban J connectivity index is 2.21. The van der Waals surface area contributed by atoms with E-state index in [-0.39, 0.29) is 0 Å². The first-order chi connectivity index (χ1) is 8.22. The molecule has 2 rings (SSSR count). The predicted octanol–water partition coefficient (Wildman–Crippen LogP) is 3.79. The predicted molar refractivity (Wildman–Crippen MR) is 74.4 cm³/mol. The normalized spacial score (nSPS) is 12.6. The number of benzene rings is 1. The molecule has 2 aromatic rings. The molecule has 0 bridgehead atoms. The maximum atomic E-state index is 4.29. The topological polar surface area (TPSA) is 24.9 Å². The van der Waals surface area contributed by atoms with E-state index in [0.29, 0.717) is 6.04 Å². The molecule has 0 fully saturated rings. The summed E-state index contributed by atoms with van der Waals surface area (Å²) in [5, 5.41) is 3.42. The van der Waals surface area contributed by atoms with E-state index < -0.39 is 0 Å². The van der Waals surface area contributed by atoms with Crippen LogP contribution in [0, 0.1) is 6.92 Å². The standard InChI is InChI=1S/C14H18N2S/c1-4-15-10(2)12-5-7-13(8-6-12)14-11(3)16-9-17-14/h5-10,15H,4H2,1-3H3/t10-/m0/s1. The molecule has 3 heteroatoms. The van der Waals surface area contributed by atoms with Crippen LogP contribution < -0.4 is 5.32 Å². The number of nitrogens with one attached hydrogen (secondary N) is 1. The van der Waals surface area contributed by atoms with E-state index in [1.54, 1.807) is 11.3 Å². The fraction of sp³-hybridized carbons (Fsp3) is 0.357. The lowest BCUT2D eigenvalue weighted by atomic mass is 10.0. The van der Waals surface area contributed by atoms with Gasteiger partial charge in [0, 0.05) is 6.04 Å². The molecule has 0 amide bonds. The number of nitrogens with zero attached hydrogens (tertiary/aromatic N) is 1. The first kappa shape index (κ1) is 12.3. The molecule has 90 valence electrons. The summed E-state index contributed by atoms with van der Waals surface area (Å²) in [4.78, 5) is 5.56. The van der Waals surface area contributed by atoms with Gasteiger partial charge in [0.05, 0.1) is 16.1 Å². The van der Waals surface area contributed by atoms with Crippen LogP contribution in [0.15, 0.2) is 29.8 Å². The molecule has 2 nitrogen and oxygen atoms in total. The quantitative estimate of drug-likeness (QED) is 0.888. The van der Waals surface area contributed by atoms with Gasteiger partial charge < -0.3 is 5.32 Å². The van der Waals surface area contributed by atoms with Crippen molar-refractivity contribution in [3.05, 3.63) is 41.0 Å². The van der Waals surface area contributed by atoms with Crippen LogP contribution in [0.25, 0.3) is 10.4 Å². The minimum Gasteiger partial charge on any atom is -0.310 e. The molecule has 1 aromatic carbocycles. The molecule has 1 aromatic heterocycles. The summed E-state index contributed by atoms with van der Waals surface area (Å²) in [6.07, 6.45) is 0. The van der Waals surface area contributed by atoms with Gasteiger partial charge in [-0.05, 0) is 31.5 Å². The summed E-state index contributed by atoms with van der Waals surface area (Å²) < 4.78 is 0. The zero-order valence-electron chi connectivity index (χ0n) is 10.5. The third-order valence-electron chi connectivity index (χ3n) is 2.93. The van der Waals surface area contributed by atoms with Crippen molar-refractivity contribution in [3.63, 3.8) is 0 Å². The third-order valence-corrected chi connectivity index (χ3v) is 3.91. The summed E-state index contributed by atoms with van der Waals surface area (Å²) >= 11 is 1.70. The van der Waals surface area contributed by atoms with Crippen molar-refractivity contribution in [1.29, 1.82) is 0 Å². The van der Waals surface area contributed by atoms with E-state index in [2.05, 4.69) is 55.3 Å². The summed E-state index contributed by atoms with van der Waals surface area (Å²) in [5.41, 5.74) is 5.61. The summed E-state index contributed by atoms with van der Waals surface area (Å²) in [6.45, 7) is 7.37. The molecule has 0 aliphatic carbocycles. The second-order valence-electron chi connectivity index (χ2n) is 4.17. The highest BCUT2D eigenvalue weighted by Gasteiger charge is 2.06. The van der Waals surface area contributed by atoms with Gasteiger partial charge in [0.2, 0.25) is 0 Å². The largest absolute Gasteiger partial charge is 0.310 e. The molecular weight excluding hydrogens is 228 g/mol. The van der Waals surface area contributed by atoms with Crippen molar-refractivity contribution in [2.75, 3.05) is 6.54 Å². The van der Waals surface area contributed by atoms with Crippen molar-refractivity contribution < 1.29 is 0 Å². The van der Waals surface area contributed by atoms with Gasteiger partial charge in [-0.25, -0.2) is 4.98 Å². The van der Waals surface area contributed by atoms with Gasteiger partial charge in [0.25, 0.3) is 0 Å². The molecule has 0 saturated heterocycles. The van der Waals surface area contributed by atoms with E-state index in [0.717, 1.165) is 12.2 Å². The number of aromatic nitrogens is 1. The minimum absolute atomic E-state index is 0.414. The Labute approximate surface area is 107 Å². The highest BCUT2D eigenvalue weighted by Crippen LogP contribution is 2.28. The van der Waals surface area contributed by atoms with E-state index >= 15 is 0 Å². The van der Waals surface area contributed by atoms with Crippen molar-refractivity contribution in [2.24, 2.45) is 0 Å². The molecule has 0 radical (unpaired) electrons. The molecule has 1 N–H and O–H groups in total. The van der Waals surface area contributed by atoms with Crippen molar-refractivity contribution >= 4 is 11.3 Å². The number of aryl methyl sites for hydroxylation is 1. The van der Waals surface area contributed by atoms with Crippen LogP contribution in [0.2, 0.25) is 0 Å². The van der Waals surface area contributed by atoms with Crippen LogP contribution in [-0.2, 0) is 0 Å². The SMILES string of the molecule is CCN[C@@H](C)c1ccc(-c2scnc2C)cc1. The molecule has 0 saturated carbocycles. The Bertz CT molecular complexity index is 473. The fourth-order valence-electron chi connectivity index (χ4n) is 1.93. The van der Waals surface area contributed by atoms with Crippen LogP contribution in [0.4, 0.5) is 0 Å². The fourth-order valence-corrected chi connectivity index (χ4v) is 2.74. The maximum absolute atomic E-state index is 4.29. The minimum atomic E-state index is 0.414. The lowest BCUT2D eigenvalue weighted by Gasteiger charge is -2.12. The first-order valence-corrected chi connectivity index (χ1v) is 6.84. The highest BCUT2D eigenvalue weighted by atomic mass is 32.1. The molecule has 0 spiro atoms. The van der Waals surface area contributed by atoms with Gasteiger partial charge in [-0.1, -0.05) is 31.2 Å². The Kier molecular flexibility index (Phi) is 3.92. The summed E-state index contributed by atoms with van der Waals surface area (Å²) in [5.74, 6) is 0. The highest BCUT2D eigenvalue weighted by molar-refractivity contribution is 7.13. The molecule has 0 aliphatic heterocycles. The van der Waals surface area contributed by atoms with Crippen LogP contribution >= 0.6 is 11.3 Å². The Morgan fingerprint density at radius 3 is 2.53 bits per heavy atom. The van der Waals surface area contributed by atoms with Crippen LogP contribution in [0.3, 0.4) is 0 Å². The van der Waals surface area contributed by atoms with Gasteiger partial charge in [0.1, 0.15) is 0 Å². The molecule has 1 atom stereocenters. The van der Waals surface area contributed by atoms with Gasteiger partial charge in [0.15, 0.2) is 0 Å². The Morgan fingerprint density at radius 1 is 1.29 bits per heavy atom. The molecule has 0 unspecified atom stereocenters. The van der Waals surface area contributed by atoms with Gasteiger partial charge >= 0.3 is 0 Å². The zero-order chi connectivity index (χ0) is 12.3. The third kappa shape index (κ3) is 2.73. The lowest BCUT2D eigenvalue weighted by molar-refractivity contribution is 0.598. The van der Waals surface area contributed by atoms with Gasteiger partial charge in [-0.15, -0.1) is 11.3 Å². The number of thiazole rings is 1. The average Bonchev–Trinajstić information content (AvgIpc) is 2.76. The number of hydrogen-bond acceptors (Lipinski definition) is 3. The molecule has 1 heterocycles. The molecule has 0 aliphatic rings. The van der Waals surface area contributed by atoms with Gasteiger partial charge in [-0.3, -0.25) is 0 Å². The Hall–Kier alpha value is -1.19. The van der Waals surface area contributed by atoms with Gasteiger partial charge in [-0.2, -0.15) is 0 Å². The second-order valence-corrected chi connectivity index (χ2v) is 5.02. The number of hydrogen-bond donors (Lipinski definition) is 1. The van der Waals surface area contributed by atoms with Crippen molar-refractivity contribution in [1.82, 2.24) is 10.3 Å². The second kappa shape index (κ2) is 5.43. The maximum Gasteiger partial charge on any atom is 0.0801 e. The average molecular weight is 246 g/mol. The van der Waals surface area contributed by atoms with Crippen molar-refractivity contribution in [3.8, 4) is 10.4 Å². The lowest BCUT2D eigenvalue weighted by Crippen LogP contribution is -2.17. The molecule has 17 heavy (non-hydrogen) atoms. The summed E-state index contributed by atoms with van der Waals surface area (Å²) in [7, 11) is 0. The molecular formula is C14H18N2S. The smallest absolute Gasteiger partial charge is 0.0801 e. The Morgan fingerprint density at radius 2 is 2.00 bits per heavy atom. The first-order valence-electron chi connectivity index (χ1n) is 5.96. The van der Waals surface area contributed by atoms with E-state index in [4.69, 9.17) is 0 Å². The number of rotatable bonds is 4. The zero-order valence-corrected chi connectivity index (χ0v) is 11.3. The van der Waals surface area contributed by atoms with E-state index in [1.165, 1.54) is 16.0 Å². The van der Waals surface area contributed by atoms with Crippen LogP contribution in [0.5, 0.6) is 0 Å². The van der Waals surface area contributed by atoms with Crippen molar-refractivity contribution in [2.45, 2.75) is 26.8 Å². The van der Waals surface area contributed by atoms with Crippen LogP contribution in [-0.4, -0.2) is 11.5 Å². The van der Waals surface area contributed by atoms with E-state index in [9.17, 15) is 0 Å². The summed E-state index contributed by atoms with van der Waals surface area (Å²) in [6, 6.07) is 9.17. The van der Waals surface area contributed by atoms with E-state index in [1.807, 2.05) is 5.51 Å². The monoisotopic (exact) mass is 246 g/mol.